The van der Waals surface area contributed by atoms with E-state index in [1.807, 2.05) is 37.3 Å². The van der Waals surface area contributed by atoms with Gasteiger partial charge in [-0.25, -0.2) is 0 Å². The lowest BCUT2D eigenvalue weighted by Gasteiger charge is -2.05. The number of benzene rings is 1. The van der Waals surface area contributed by atoms with Crippen LogP contribution in [0.4, 0.5) is 0 Å². The first-order valence-electron chi connectivity index (χ1n) is 5.51. The van der Waals surface area contributed by atoms with Gasteiger partial charge < -0.3 is 0 Å². The fraction of sp³-hybridized carbons (Fsp3) is 0.200. The van der Waals surface area contributed by atoms with Gasteiger partial charge in [-0.3, -0.25) is 9.78 Å². The monoisotopic (exact) mass is 223 g/mol. The van der Waals surface area contributed by atoms with E-state index >= 15 is 0 Å². The topological polar surface area (TPSA) is 30.0 Å². The van der Waals surface area contributed by atoms with Gasteiger partial charge >= 0.3 is 0 Å². The molecule has 0 bridgehead atoms. The summed E-state index contributed by atoms with van der Waals surface area (Å²) in [6.07, 6.45) is 0.268. The van der Waals surface area contributed by atoms with Crippen molar-refractivity contribution in [2.24, 2.45) is 0 Å². The summed E-state index contributed by atoms with van der Waals surface area (Å²) in [5, 5.41) is 0.904. The van der Waals surface area contributed by atoms with E-state index in [0.717, 1.165) is 22.2 Å². The molecule has 2 nitrogen and oxygen atoms in total. The number of nitrogens with zero attached hydrogens (tertiary/aromatic N) is 1. The SMILES string of the molecule is CC#CCC(=O)c1cc(C)nc2ccccc12. The number of hydrogen-bond donors (Lipinski definition) is 0. The number of Topliss-reactive ketones (excluding diaryl/α,β-unsaturated/α-hetero) is 1. The largest absolute Gasteiger partial charge is 0.293 e. The Kier molecular flexibility index (Phi) is 3.20. The number of fused-ring (bicyclic) bond motifs is 1. The zero-order valence-electron chi connectivity index (χ0n) is 9.95. The number of hydrogen-bond acceptors (Lipinski definition) is 2. The second-order valence-corrected chi connectivity index (χ2v) is 3.86. The number of ketones is 1. The van der Waals surface area contributed by atoms with Gasteiger partial charge in [0.05, 0.1) is 11.9 Å². The molecule has 1 aromatic heterocycles. The zero-order valence-corrected chi connectivity index (χ0v) is 9.95. The second-order valence-electron chi connectivity index (χ2n) is 3.86. The van der Waals surface area contributed by atoms with Crippen LogP contribution in [0.25, 0.3) is 10.9 Å². The van der Waals surface area contributed by atoms with E-state index < -0.39 is 0 Å². The van der Waals surface area contributed by atoms with E-state index in [1.54, 1.807) is 6.92 Å². The van der Waals surface area contributed by atoms with Crippen molar-refractivity contribution < 1.29 is 4.79 Å². The maximum Gasteiger partial charge on any atom is 0.175 e. The molecule has 0 aliphatic heterocycles. The molecule has 0 aliphatic carbocycles. The Morgan fingerprint density at radius 2 is 2.12 bits per heavy atom. The van der Waals surface area contributed by atoms with Crippen LogP contribution in [-0.2, 0) is 0 Å². The molecule has 0 aliphatic rings. The van der Waals surface area contributed by atoms with Crippen LogP contribution in [0.1, 0.15) is 29.4 Å². The molecule has 0 spiro atoms. The molecule has 0 atom stereocenters. The van der Waals surface area contributed by atoms with Crippen molar-refractivity contribution in [2.75, 3.05) is 0 Å². The third-order valence-corrected chi connectivity index (χ3v) is 2.57. The highest BCUT2D eigenvalue weighted by atomic mass is 16.1. The highest BCUT2D eigenvalue weighted by Crippen LogP contribution is 2.19. The van der Waals surface area contributed by atoms with E-state index in [2.05, 4.69) is 16.8 Å². The lowest BCUT2D eigenvalue weighted by Crippen LogP contribution is -2.01. The molecule has 0 unspecified atom stereocenters. The molecule has 2 rings (SSSR count). The Bertz CT molecular complexity index is 632. The molecular weight excluding hydrogens is 210 g/mol. The fourth-order valence-corrected chi connectivity index (χ4v) is 1.80. The molecular formula is C15H13NO. The lowest BCUT2D eigenvalue weighted by molar-refractivity contribution is 0.0999. The van der Waals surface area contributed by atoms with E-state index in [-0.39, 0.29) is 12.2 Å². The molecule has 0 N–H and O–H groups in total. The van der Waals surface area contributed by atoms with Gasteiger partial charge in [-0.1, -0.05) is 24.1 Å². The number of aryl methyl sites for hydroxylation is 1. The molecule has 1 heterocycles. The Morgan fingerprint density at radius 3 is 2.88 bits per heavy atom. The third kappa shape index (κ3) is 2.34. The molecule has 0 radical (unpaired) electrons. The zero-order chi connectivity index (χ0) is 12.3. The summed E-state index contributed by atoms with van der Waals surface area (Å²) >= 11 is 0. The number of carbonyl (C=O) groups excluding carboxylic acids is 1. The predicted molar refractivity (Wildman–Crippen MR) is 68.9 cm³/mol. The number of rotatable bonds is 2. The molecule has 2 heteroatoms. The van der Waals surface area contributed by atoms with Crippen molar-refractivity contribution in [3.63, 3.8) is 0 Å². The van der Waals surface area contributed by atoms with Crippen LogP contribution in [0.2, 0.25) is 0 Å². The van der Waals surface area contributed by atoms with Gasteiger partial charge in [-0.15, -0.1) is 5.92 Å². The van der Waals surface area contributed by atoms with Gasteiger partial charge in [0.15, 0.2) is 5.78 Å². The molecule has 0 saturated heterocycles. The number of aromatic nitrogens is 1. The average molecular weight is 223 g/mol. The van der Waals surface area contributed by atoms with Crippen LogP contribution in [0.5, 0.6) is 0 Å². The first-order chi connectivity index (χ1) is 8.22. The third-order valence-electron chi connectivity index (χ3n) is 2.57. The summed E-state index contributed by atoms with van der Waals surface area (Å²) in [6.45, 7) is 3.64. The van der Waals surface area contributed by atoms with Crippen LogP contribution in [0.15, 0.2) is 30.3 Å². The first kappa shape index (κ1) is 11.3. The van der Waals surface area contributed by atoms with Gasteiger partial charge in [0.25, 0.3) is 0 Å². The van der Waals surface area contributed by atoms with Crippen LogP contribution in [-0.4, -0.2) is 10.8 Å². The van der Waals surface area contributed by atoms with Crippen molar-refractivity contribution >= 4 is 16.7 Å². The molecule has 0 fully saturated rings. The van der Waals surface area contributed by atoms with Crippen molar-refractivity contribution in [1.82, 2.24) is 4.98 Å². The van der Waals surface area contributed by atoms with E-state index in [1.165, 1.54) is 0 Å². The minimum absolute atomic E-state index is 0.0565. The summed E-state index contributed by atoms with van der Waals surface area (Å²) in [4.78, 5) is 16.5. The maximum absolute atomic E-state index is 12.0. The van der Waals surface area contributed by atoms with Gasteiger partial charge in [-0.05, 0) is 26.0 Å². The molecule has 0 amide bonds. The van der Waals surface area contributed by atoms with E-state index in [4.69, 9.17) is 0 Å². The number of carbonyl (C=O) groups is 1. The minimum Gasteiger partial charge on any atom is -0.293 e. The van der Waals surface area contributed by atoms with Crippen molar-refractivity contribution in [1.29, 1.82) is 0 Å². The maximum atomic E-state index is 12.0. The summed E-state index contributed by atoms with van der Waals surface area (Å²) in [6, 6.07) is 9.53. The summed E-state index contributed by atoms with van der Waals surface area (Å²) in [7, 11) is 0. The van der Waals surface area contributed by atoms with Gasteiger partial charge in [-0.2, -0.15) is 0 Å². The number of para-hydroxylation sites is 1. The van der Waals surface area contributed by atoms with Crippen molar-refractivity contribution in [2.45, 2.75) is 20.3 Å². The smallest absolute Gasteiger partial charge is 0.175 e. The fourth-order valence-electron chi connectivity index (χ4n) is 1.80. The van der Waals surface area contributed by atoms with Crippen LogP contribution in [0, 0.1) is 18.8 Å². The van der Waals surface area contributed by atoms with Crippen molar-refractivity contribution in [3.05, 3.63) is 41.6 Å². The van der Waals surface area contributed by atoms with Crippen LogP contribution in [0.3, 0.4) is 0 Å². The van der Waals surface area contributed by atoms with Crippen LogP contribution < -0.4 is 0 Å². The Hall–Kier alpha value is -2.14. The first-order valence-corrected chi connectivity index (χ1v) is 5.51. The highest BCUT2D eigenvalue weighted by Gasteiger charge is 2.10. The minimum atomic E-state index is 0.0565. The highest BCUT2D eigenvalue weighted by molar-refractivity contribution is 6.08. The summed E-state index contributed by atoms with van der Waals surface area (Å²) < 4.78 is 0. The van der Waals surface area contributed by atoms with E-state index in [0.29, 0.717) is 0 Å². The van der Waals surface area contributed by atoms with Crippen LogP contribution >= 0.6 is 0 Å². The quantitative estimate of drug-likeness (QED) is 0.578. The summed E-state index contributed by atoms with van der Waals surface area (Å²) in [5.41, 5.74) is 2.44. The van der Waals surface area contributed by atoms with E-state index in [9.17, 15) is 4.79 Å². The standard InChI is InChI=1S/C15H13NO/c1-3-4-9-15(17)13-10-11(2)16-14-8-6-5-7-12(13)14/h5-8,10H,9H2,1-2H3. The van der Waals surface area contributed by atoms with Gasteiger partial charge in [0.1, 0.15) is 0 Å². The van der Waals surface area contributed by atoms with Crippen molar-refractivity contribution in [3.8, 4) is 11.8 Å². The molecule has 1 aromatic carbocycles. The lowest BCUT2D eigenvalue weighted by atomic mass is 10.0. The Labute approximate surface area is 101 Å². The Morgan fingerprint density at radius 1 is 1.35 bits per heavy atom. The predicted octanol–water partition coefficient (Wildman–Crippen LogP) is 3.14. The Balaban J connectivity index is 2.58. The molecule has 84 valence electrons. The normalized spacial score (nSPS) is 9.76. The molecule has 17 heavy (non-hydrogen) atoms. The number of pyridine rings is 1. The van der Waals surface area contributed by atoms with Gasteiger partial charge in [0, 0.05) is 16.6 Å². The second kappa shape index (κ2) is 4.80. The summed E-state index contributed by atoms with van der Waals surface area (Å²) in [5.74, 6) is 5.61. The average Bonchev–Trinajstić information content (AvgIpc) is 2.34. The molecule has 2 aromatic rings. The molecule has 0 saturated carbocycles. The van der Waals surface area contributed by atoms with Gasteiger partial charge in [0.2, 0.25) is 0 Å².